The molecule has 0 saturated heterocycles. The van der Waals surface area contributed by atoms with E-state index in [9.17, 15) is 12.8 Å². The fourth-order valence-electron chi connectivity index (χ4n) is 2.09. The van der Waals surface area contributed by atoms with Crippen LogP contribution in [0.4, 0.5) is 4.39 Å². The first-order chi connectivity index (χ1) is 9.39. The zero-order chi connectivity index (χ0) is 14.9. The van der Waals surface area contributed by atoms with E-state index in [0.717, 1.165) is 19.3 Å². The molecule has 0 heterocycles. The molecule has 0 atom stereocenters. The van der Waals surface area contributed by atoms with Gasteiger partial charge in [-0.05, 0) is 25.0 Å². The first-order valence-corrected chi connectivity index (χ1v) is 8.84. The summed E-state index contributed by atoms with van der Waals surface area (Å²) in [6.07, 6.45) is 2.54. The monoisotopic (exact) mass is 359 g/mol. The van der Waals surface area contributed by atoms with Gasteiger partial charge < -0.3 is 0 Å². The fraction of sp³-hybridized carbons (Fsp3) is 0.500. The quantitative estimate of drug-likeness (QED) is 0.589. The number of rotatable bonds is 5. The standard InChI is InChI=1S/C12H13Cl3FNO2S/c13-6-7-17(8-2-1-3-8)20(18,19)10-5-4-9(14)12(16)11(10)15/h4-5,8H,1-3,6-7H2. The lowest BCUT2D eigenvalue weighted by atomic mass is 9.93. The third-order valence-electron chi connectivity index (χ3n) is 3.37. The van der Waals surface area contributed by atoms with E-state index < -0.39 is 20.9 Å². The summed E-state index contributed by atoms with van der Waals surface area (Å²) in [7, 11) is -3.87. The third-order valence-corrected chi connectivity index (χ3v) is 6.31. The number of sulfonamides is 1. The van der Waals surface area contributed by atoms with Crippen molar-refractivity contribution in [2.45, 2.75) is 30.2 Å². The van der Waals surface area contributed by atoms with Crippen molar-refractivity contribution in [3.63, 3.8) is 0 Å². The van der Waals surface area contributed by atoms with Crippen LogP contribution in [0.3, 0.4) is 0 Å². The predicted octanol–water partition coefficient (Wildman–Crippen LogP) is 3.91. The molecule has 20 heavy (non-hydrogen) atoms. The number of hydrogen-bond acceptors (Lipinski definition) is 2. The first-order valence-electron chi connectivity index (χ1n) is 6.11. The molecule has 0 unspecified atom stereocenters. The molecule has 0 amide bonds. The van der Waals surface area contributed by atoms with E-state index in [1.807, 2.05) is 0 Å². The minimum Gasteiger partial charge on any atom is -0.207 e. The van der Waals surface area contributed by atoms with Gasteiger partial charge in [0.15, 0.2) is 5.82 Å². The largest absolute Gasteiger partial charge is 0.244 e. The molecule has 0 N–H and O–H groups in total. The molecule has 112 valence electrons. The van der Waals surface area contributed by atoms with Crippen LogP contribution in [-0.2, 0) is 10.0 Å². The molecule has 1 saturated carbocycles. The van der Waals surface area contributed by atoms with E-state index in [1.54, 1.807) is 0 Å². The summed E-state index contributed by atoms with van der Waals surface area (Å²) in [5.41, 5.74) is 0. The lowest BCUT2D eigenvalue weighted by molar-refractivity contribution is 0.227. The van der Waals surface area contributed by atoms with Crippen LogP contribution in [0.1, 0.15) is 19.3 Å². The lowest BCUT2D eigenvalue weighted by Crippen LogP contribution is -2.45. The average molecular weight is 361 g/mol. The minimum atomic E-state index is -3.87. The Kier molecular flexibility index (Phi) is 5.19. The Balaban J connectivity index is 2.45. The summed E-state index contributed by atoms with van der Waals surface area (Å²) in [4.78, 5) is -0.266. The van der Waals surface area contributed by atoms with Gasteiger partial charge in [-0.2, -0.15) is 4.31 Å². The Labute approximate surface area is 132 Å². The molecule has 0 radical (unpaired) electrons. The van der Waals surface area contributed by atoms with Gasteiger partial charge in [0, 0.05) is 18.5 Å². The third kappa shape index (κ3) is 2.92. The average Bonchev–Trinajstić information content (AvgIpc) is 2.33. The second-order valence-corrected chi connectivity index (χ2v) is 7.59. The van der Waals surface area contributed by atoms with E-state index in [2.05, 4.69) is 0 Å². The van der Waals surface area contributed by atoms with Gasteiger partial charge in [-0.15, -0.1) is 11.6 Å². The number of alkyl halides is 1. The predicted molar refractivity (Wildman–Crippen MR) is 78.7 cm³/mol. The normalized spacial score (nSPS) is 16.4. The van der Waals surface area contributed by atoms with Gasteiger partial charge in [0.05, 0.1) is 10.0 Å². The molecule has 0 aliphatic heterocycles. The lowest BCUT2D eigenvalue weighted by Gasteiger charge is -2.36. The number of hydrogen-bond donors (Lipinski definition) is 0. The summed E-state index contributed by atoms with van der Waals surface area (Å²) < 4.78 is 40.2. The Morgan fingerprint density at radius 1 is 1.30 bits per heavy atom. The molecular formula is C12H13Cl3FNO2S. The molecule has 1 fully saturated rings. The van der Waals surface area contributed by atoms with Gasteiger partial charge in [0.1, 0.15) is 4.90 Å². The molecule has 1 aromatic rings. The van der Waals surface area contributed by atoms with Crippen molar-refractivity contribution in [3.8, 4) is 0 Å². The van der Waals surface area contributed by atoms with Crippen LogP contribution in [0.15, 0.2) is 17.0 Å². The highest BCUT2D eigenvalue weighted by Crippen LogP contribution is 2.35. The van der Waals surface area contributed by atoms with E-state index in [1.165, 1.54) is 16.4 Å². The van der Waals surface area contributed by atoms with Gasteiger partial charge in [-0.25, -0.2) is 12.8 Å². The SMILES string of the molecule is O=S(=O)(c1ccc(Cl)c(F)c1Cl)N(CCCl)C1CCC1. The number of benzene rings is 1. The van der Waals surface area contributed by atoms with Crippen molar-refractivity contribution in [1.29, 1.82) is 0 Å². The highest BCUT2D eigenvalue weighted by molar-refractivity contribution is 7.89. The van der Waals surface area contributed by atoms with Crippen molar-refractivity contribution in [3.05, 3.63) is 28.0 Å². The molecule has 3 nitrogen and oxygen atoms in total. The van der Waals surface area contributed by atoms with Gasteiger partial charge in [-0.3, -0.25) is 0 Å². The van der Waals surface area contributed by atoms with Crippen molar-refractivity contribution in [1.82, 2.24) is 4.31 Å². The number of nitrogens with zero attached hydrogens (tertiary/aromatic N) is 1. The minimum absolute atomic E-state index is 0.0893. The summed E-state index contributed by atoms with van der Waals surface area (Å²) in [6, 6.07) is 2.33. The second-order valence-electron chi connectivity index (χ2n) is 4.56. The maximum absolute atomic E-state index is 13.7. The molecule has 8 heteroatoms. The van der Waals surface area contributed by atoms with Crippen molar-refractivity contribution in [2.24, 2.45) is 0 Å². The van der Waals surface area contributed by atoms with Crippen LogP contribution in [-0.4, -0.2) is 31.2 Å². The fourth-order valence-corrected chi connectivity index (χ4v) is 4.78. The highest BCUT2D eigenvalue weighted by atomic mass is 35.5. The molecule has 0 aromatic heterocycles. The zero-order valence-electron chi connectivity index (χ0n) is 10.5. The molecule has 1 aromatic carbocycles. The van der Waals surface area contributed by atoms with Gasteiger partial charge in [-0.1, -0.05) is 29.6 Å². The van der Waals surface area contributed by atoms with Crippen LogP contribution in [0, 0.1) is 5.82 Å². The maximum Gasteiger partial charge on any atom is 0.244 e. The Bertz CT molecular complexity index is 605. The molecule has 0 spiro atoms. The Morgan fingerprint density at radius 3 is 2.45 bits per heavy atom. The summed E-state index contributed by atoms with van der Waals surface area (Å²) in [5, 5.41) is -0.683. The van der Waals surface area contributed by atoms with E-state index >= 15 is 0 Å². The van der Waals surface area contributed by atoms with Crippen LogP contribution in [0.2, 0.25) is 10.0 Å². The van der Waals surface area contributed by atoms with Crippen molar-refractivity contribution >= 4 is 44.8 Å². The maximum atomic E-state index is 13.7. The molecule has 1 aliphatic carbocycles. The summed E-state index contributed by atoms with van der Waals surface area (Å²) >= 11 is 17.1. The zero-order valence-corrected chi connectivity index (χ0v) is 13.5. The highest BCUT2D eigenvalue weighted by Gasteiger charge is 2.36. The van der Waals surface area contributed by atoms with E-state index in [4.69, 9.17) is 34.8 Å². The van der Waals surface area contributed by atoms with E-state index in [0.29, 0.717) is 0 Å². The van der Waals surface area contributed by atoms with Crippen molar-refractivity contribution in [2.75, 3.05) is 12.4 Å². The first kappa shape index (κ1) is 16.3. The molecular weight excluding hydrogens is 348 g/mol. The van der Waals surface area contributed by atoms with Crippen LogP contribution in [0.5, 0.6) is 0 Å². The Hall–Kier alpha value is -0.0700. The smallest absolute Gasteiger partial charge is 0.207 e. The summed E-state index contributed by atoms with van der Waals surface area (Å²) in [5.74, 6) is -0.752. The summed E-state index contributed by atoms with van der Waals surface area (Å²) in [6.45, 7) is 0.176. The second kappa shape index (κ2) is 6.36. The van der Waals surface area contributed by atoms with Gasteiger partial charge >= 0.3 is 0 Å². The topological polar surface area (TPSA) is 37.4 Å². The van der Waals surface area contributed by atoms with E-state index in [-0.39, 0.29) is 28.4 Å². The Morgan fingerprint density at radius 2 is 1.95 bits per heavy atom. The van der Waals surface area contributed by atoms with Crippen LogP contribution in [0.25, 0.3) is 0 Å². The molecule has 2 rings (SSSR count). The molecule has 1 aliphatic rings. The van der Waals surface area contributed by atoms with Gasteiger partial charge in [0.2, 0.25) is 10.0 Å². The molecule has 0 bridgehead atoms. The van der Waals surface area contributed by atoms with Crippen molar-refractivity contribution < 1.29 is 12.8 Å². The number of halogens is 4. The van der Waals surface area contributed by atoms with Gasteiger partial charge in [0.25, 0.3) is 0 Å². The van der Waals surface area contributed by atoms with Crippen LogP contribution >= 0.6 is 34.8 Å². The van der Waals surface area contributed by atoms with Crippen LogP contribution < -0.4 is 0 Å².